The summed E-state index contributed by atoms with van der Waals surface area (Å²) in [6, 6.07) is 24.0. The number of sulfonamides is 1. The van der Waals surface area contributed by atoms with E-state index in [2.05, 4.69) is 14.9 Å². The molecule has 0 spiro atoms. The summed E-state index contributed by atoms with van der Waals surface area (Å²) in [5, 5.41) is 4.56. The second-order valence-corrected chi connectivity index (χ2v) is 8.79. The molecule has 30 heavy (non-hydrogen) atoms. The minimum atomic E-state index is -3.79. The molecular formula is C22H18ClN3O3S. The van der Waals surface area contributed by atoms with E-state index >= 15 is 0 Å². The Balaban J connectivity index is 1.67. The number of nitrogens with zero attached hydrogens (tertiary/aromatic N) is 2. The third-order valence-electron chi connectivity index (χ3n) is 4.46. The number of aromatic nitrogens is 2. The average molecular weight is 440 g/mol. The second-order valence-electron chi connectivity index (χ2n) is 6.64. The topological polar surface area (TPSA) is 85.1 Å². The quantitative estimate of drug-likeness (QED) is 0.453. The van der Waals surface area contributed by atoms with Gasteiger partial charge in [-0.25, -0.2) is 8.42 Å². The zero-order valence-corrected chi connectivity index (χ0v) is 17.3. The normalized spacial score (nSPS) is 12.6. The molecule has 4 aromatic rings. The van der Waals surface area contributed by atoms with E-state index in [0.717, 1.165) is 5.56 Å². The molecule has 3 aromatic carbocycles. The Morgan fingerprint density at radius 2 is 1.63 bits per heavy atom. The van der Waals surface area contributed by atoms with Crippen molar-refractivity contribution < 1.29 is 12.9 Å². The van der Waals surface area contributed by atoms with Crippen molar-refractivity contribution in [3.05, 3.63) is 101 Å². The van der Waals surface area contributed by atoms with E-state index in [1.807, 2.05) is 30.3 Å². The molecule has 0 amide bonds. The predicted molar refractivity (Wildman–Crippen MR) is 114 cm³/mol. The molecule has 0 saturated heterocycles. The number of rotatable bonds is 7. The highest BCUT2D eigenvalue weighted by Gasteiger charge is 2.26. The van der Waals surface area contributed by atoms with Crippen molar-refractivity contribution in [2.75, 3.05) is 0 Å². The summed E-state index contributed by atoms with van der Waals surface area (Å²) < 4.78 is 34.0. The van der Waals surface area contributed by atoms with Crippen LogP contribution in [0, 0.1) is 0 Å². The molecule has 4 rings (SSSR count). The molecule has 0 radical (unpaired) electrons. The summed E-state index contributed by atoms with van der Waals surface area (Å²) in [6.07, 6.45) is 0.351. The molecule has 152 valence electrons. The van der Waals surface area contributed by atoms with E-state index in [1.54, 1.807) is 42.5 Å². The van der Waals surface area contributed by atoms with Gasteiger partial charge in [-0.15, -0.1) is 0 Å². The Hall–Kier alpha value is -3.00. The number of hydrogen-bond acceptors (Lipinski definition) is 5. The Kier molecular flexibility index (Phi) is 5.94. The lowest BCUT2D eigenvalue weighted by atomic mass is 10.1. The van der Waals surface area contributed by atoms with Crippen LogP contribution in [-0.4, -0.2) is 18.6 Å². The van der Waals surface area contributed by atoms with Crippen LogP contribution in [0.3, 0.4) is 0 Å². The molecule has 0 aliphatic carbocycles. The lowest BCUT2D eigenvalue weighted by Crippen LogP contribution is -2.30. The van der Waals surface area contributed by atoms with Gasteiger partial charge in [0.2, 0.25) is 21.7 Å². The van der Waals surface area contributed by atoms with E-state index in [0.29, 0.717) is 22.8 Å². The van der Waals surface area contributed by atoms with Gasteiger partial charge in [0.25, 0.3) is 0 Å². The summed E-state index contributed by atoms with van der Waals surface area (Å²) >= 11 is 6.05. The van der Waals surface area contributed by atoms with Crippen molar-refractivity contribution >= 4 is 21.6 Å². The first-order chi connectivity index (χ1) is 14.5. The minimum Gasteiger partial charge on any atom is -0.337 e. The molecule has 1 heterocycles. The van der Waals surface area contributed by atoms with Crippen LogP contribution >= 0.6 is 11.6 Å². The first kappa shape index (κ1) is 20.3. The highest BCUT2D eigenvalue weighted by atomic mass is 35.5. The highest BCUT2D eigenvalue weighted by Crippen LogP contribution is 2.25. The largest absolute Gasteiger partial charge is 0.337 e. The molecule has 1 atom stereocenters. The van der Waals surface area contributed by atoms with Crippen LogP contribution in [0.2, 0.25) is 5.02 Å². The summed E-state index contributed by atoms with van der Waals surface area (Å²) in [6.45, 7) is 0. The monoisotopic (exact) mass is 439 g/mol. The van der Waals surface area contributed by atoms with E-state index in [4.69, 9.17) is 16.1 Å². The standard InChI is InChI=1S/C22H18ClN3O3S/c23-18-11-7-10-17(15-18)21-24-22(29-25-21)20(14-16-8-3-1-4-9-16)26-30(27,28)19-12-5-2-6-13-19/h1-13,15,20,26H,14H2/t20-/m1/s1. The average Bonchev–Trinajstić information content (AvgIpc) is 3.25. The fraction of sp³-hybridized carbons (Fsp3) is 0.0909. The zero-order chi connectivity index (χ0) is 21.0. The highest BCUT2D eigenvalue weighted by molar-refractivity contribution is 7.89. The first-order valence-electron chi connectivity index (χ1n) is 9.22. The minimum absolute atomic E-state index is 0.164. The van der Waals surface area contributed by atoms with Gasteiger partial charge in [0.05, 0.1) is 4.90 Å². The Morgan fingerprint density at radius 1 is 0.933 bits per heavy atom. The molecule has 0 fully saturated rings. The van der Waals surface area contributed by atoms with Gasteiger partial charge in [0, 0.05) is 10.6 Å². The predicted octanol–water partition coefficient (Wildman–Crippen LogP) is 4.65. The lowest BCUT2D eigenvalue weighted by molar-refractivity contribution is 0.345. The van der Waals surface area contributed by atoms with E-state index < -0.39 is 16.1 Å². The third kappa shape index (κ3) is 4.76. The molecule has 1 aromatic heterocycles. The molecule has 8 heteroatoms. The van der Waals surface area contributed by atoms with Gasteiger partial charge >= 0.3 is 0 Å². The molecule has 0 aliphatic rings. The summed E-state index contributed by atoms with van der Waals surface area (Å²) in [5.41, 5.74) is 1.61. The SMILES string of the molecule is O=S(=O)(N[C@H](Cc1ccccc1)c1nc(-c2cccc(Cl)c2)no1)c1ccccc1. The summed E-state index contributed by atoms with van der Waals surface area (Å²) in [5.74, 6) is 0.512. The Labute approximate surface area is 179 Å². The number of halogens is 1. The number of hydrogen-bond donors (Lipinski definition) is 1. The van der Waals surface area contributed by atoms with Gasteiger partial charge in [0.15, 0.2) is 0 Å². The van der Waals surface area contributed by atoms with Crippen molar-refractivity contribution in [3.8, 4) is 11.4 Å². The van der Waals surface area contributed by atoms with Gasteiger partial charge < -0.3 is 4.52 Å². The summed E-state index contributed by atoms with van der Waals surface area (Å²) in [4.78, 5) is 4.60. The van der Waals surface area contributed by atoms with Crippen molar-refractivity contribution in [3.63, 3.8) is 0 Å². The molecule has 0 unspecified atom stereocenters. The fourth-order valence-corrected chi connectivity index (χ4v) is 4.41. The van der Waals surface area contributed by atoms with E-state index in [-0.39, 0.29) is 10.8 Å². The first-order valence-corrected chi connectivity index (χ1v) is 11.1. The zero-order valence-electron chi connectivity index (χ0n) is 15.8. The molecule has 0 bridgehead atoms. The van der Waals surface area contributed by atoms with Gasteiger partial charge in [-0.2, -0.15) is 9.71 Å². The lowest BCUT2D eigenvalue weighted by Gasteiger charge is -2.15. The summed E-state index contributed by atoms with van der Waals surface area (Å²) in [7, 11) is -3.79. The van der Waals surface area contributed by atoms with E-state index in [1.165, 1.54) is 12.1 Å². The van der Waals surface area contributed by atoms with Crippen molar-refractivity contribution in [2.24, 2.45) is 0 Å². The Morgan fingerprint density at radius 3 is 2.33 bits per heavy atom. The molecule has 1 N–H and O–H groups in total. The van der Waals surface area contributed by atoms with Crippen LogP contribution in [0.5, 0.6) is 0 Å². The van der Waals surface area contributed by atoms with Gasteiger partial charge in [-0.1, -0.05) is 77.4 Å². The second kappa shape index (κ2) is 8.79. The Bertz CT molecular complexity index is 1230. The molecular weight excluding hydrogens is 422 g/mol. The smallest absolute Gasteiger partial charge is 0.245 e. The van der Waals surface area contributed by atoms with Crippen LogP contribution in [0.4, 0.5) is 0 Å². The van der Waals surface area contributed by atoms with Gasteiger partial charge in [-0.05, 0) is 36.2 Å². The van der Waals surface area contributed by atoms with Gasteiger partial charge in [-0.3, -0.25) is 0 Å². The molecule has 0 saturated carbocycles. The maximum Gasteiger partial charge on any atom is 0.245 e. The molecule has 6 nitrogen and oxygen atoms in total. The van der Waals surface area contributed by atoms with Crippen LogP contribution in [0.15, 0.2) is 94.3 Å². The van der Waals surface area contributed by atoms with Gasteiger partial charge in [0.1, 0.15) is 6.04 Å². The van der Waals surface area contributed by atoms with E-state index in [9.17, 15) is 8.42 Å². The van der Waals surface area contributed by atoms with Crippen molar-refractivity contribution in [2.45, 2.75) is 17.4 Å². The third-order valence-corrected chi connectivity index (χ3v) is 6.18. The van der Waals surface area contributed by atoms with Crippen LogP contribution < -0.4 is 4.72 Å². The fourth-order valence-electron chi connectivity index (χ4n) is 3.01. The van der Waals surface area contributed by atoms with Crippen molar-refractivity contribution in [1.29, 1.82) is 0 Å². The number of nitrogens with one attached hydrogen (secondary N) is 1. The van der Waals surface area contributed by atoms with Crippen LogP contribution in [0.25, 0.3) is 11.4 Å². The maximum absolute atomic E-state index is 12.9. The number of benzene rings is 3. The van der Waals surface area contributed by atoms with Crippen molar-refractivity contribution in [1.82, 2.24) is 14.9 Å². The van der Waals surface area contributed by atoms with Crippen LogP contribution in [-0.2, 0) is 16.4 Å². The molecule has 0 aliphatic heterocycles. The van der Waals surface area contributed by atoms with Crippen LogP contribution in [0.1, 0.15) is 17.5 Å². The maximum atomic E-state index is 12.9.